The zero-order chi connectivity index (χ0) is 14.8. The van der Waals surface area contributed by atoms with Crippen molar-refractivity contribution in [2.75, 3.05) is 12.0 Å². The van der Waals surface area contributed by atoms with E-state index in [0.717, 1.165) is 6.26 Å². The lowest BCUT2D eigenvalue weighted by Crippen LogP contribution is -2.16. The minimum Gasteiger partial charge on any atom is -0.508 e. The summed E-state index contributed by atoms with van der Waals surface area (Å²) in [5, 5.41) is 13.2. The predicted molar refractivity (Wildman–Crippen MR) is 72.7 cm³/mol. The van der Waals surface area contributed by atoms with Gasteiger partial charge in [0.15, 0.2) is 0 Å². The quantitative estimate of drug-likeness (QED) is 0.840. The van der Waals surface area contributed by atoms with Gasteiger partial charge in [-0.25, -0.2) is 8.42 Å². The van der Waals surface area contributed by atoms with Crippen LogP contribution in [0.5, 0.6) is 5.75 Å². The third kappa shape index (κ3) is 3.78. The van der Waals surface area contributed by atoms with E-state index in [2.05, 4.69) is 10.1 Å². The van der Waals surface area contributed by atoms with Gasteiger partial charge in [0.1, 0.15) is 15.6 Å². The molecule has 0 saturated heterocycles. The number of phenols is 1. The second-order valence-corrected chi connectivity index (χ2v) is 6.79. The van der Waals surface area contributed by atoms with Crippen molar-refractivity contribution in [2.45, 2.75) is 12.5 Å². The van der Waals surface area contributed by atoms with E-state index in [0.29, 0.717) is 11.4 Å². The van der Waals surface area contributed by atoms with Crippen LogP contribution in [0.3, 0.4) is 0 Å². The molecule has 0 aliphatic heterocycles. The third-order valence-corrected chi connectivity index (χ3v) is 3.64. The number of aromatic hydroxyl groups is 1. The van der Waals surface area contributed by atoms with Crippen LogP contribution in [0, 0.1) is 0 Å². The monoisotopic (exact) mass is 297 g/mol. The first-order valence-electron chi connectivity index (χ1n) is 5.91. The number of nitrogens with zero attached hydrogens (tertiary/aromatic N) is 2. The van der Waals surface area contributed by atoms with E-state index in [1.165, 1.54) is 12.1 Å². The standard InChI is InChI=1S/C12H15N3O4S/c1-20(17,18)6-5-10(13)12-14-11(15-19-12)8-3-2-4-9(16)7-8/h2-4,7,10,16H,5-6,13H2,1H3. The topological polar surface area (TPSA) is 119 Å². The SMILES string of the molecule is CS(=O)(=O)CCC(N)c1nc(-c2cccc(O)c2)no1. The molecule has 7 nitrogen and oxygen atoms in total. The number of phenolic OH excluding ortho intramolecular Hbond substituents is 1. The van der Waals surface area contributed by atoms with Crippen LogP contribution in [-0.2, 0) is 9.84 Å². The average molecular weight is 297 g/mol. The summed E-state index contributed by atoms with van der Waals surface area (Å²) in [6, 6.07) is 5.77. The van der Waals surface area contributed by atoms with Crippen LogP contribution in [0.4, 0.5) is 0 Å². The Bertz CT molecular complexity index is 696. The normalized spacial score (nSPS) is 13.3. The fourth-order valence-corrected chi connectivity index (χ4v) is 2.29. The molecule has 108 valence electrons. The highest BCUT2D eigenvalue weighted by molar-refractivity contribution is 7.90. The maximum atomic E-state index is 11.1. The van der Waals surface area contributed by atoms with Crippen molar-refractivity contribution in [3.8, 4) is 17.1 Å². The fraction of sp³-hybridized carbons (Fsp3) is 0.333. The van der Waals surface area contributed by atoms with E-state index < -0.39 is 15.9 Å². The molecule has 3 N–H and O–H groups in total. The van der Waals surface area contributed by atoms with Crippen LogP contribution in [0.2, 0.25) is 0 Å². The summed E-state index contributed by atoms with van der Waals surface area (Å²) in [7, 11) is -3.08. The minimum atomic E-state index is -3.08. The Morgan fingerprint density at radius 3 is 2.85 bits per heavy atom. The molecule has 20 heavy (non-hydrogen) atoms. The Morgan fingerprint density at radius 2 is 2.20 bits per heavy atom. The van der Waals surface area contributed by atoms with Gasteiger partial charge in [0.25, 0.3) is 0 Å². The Hall–Kier alpha value is -1.93. The second-order valence-electron chi connectivity index (χ2n) is 4.53. The highest BCUT2D eigenvalue weighted by atomic mass is 32.2. The van der Waals surface area contributed by atoms with Gasteiger partial charge >= 0.3 is 0 Å². The number of hydrogen-bond acceptors (Lipinski definition) is 7. The van der Waals surface area contributed by atoms with E-state index >= 15 is 0 Å². The molecule has 0 saturated carbocycles. The Labute approximate surface area is 116 Å². The van der Waals surface area contributed by atoms with Gasteiger partial charge in [-0.15, -0.1) is 0 Å². The summed E-state index contributed by atoms with van der Waals surface area (Å²) < 4.78 is 27.2. The largest absolute Gasteiger partial charge is 0.508 e. The second kappa shape index (κ2) is 5.59. The third-order valence-electron chi connectivity index (χ3n) is 2.66. The zero-order valence-electron chi connectivity index (χ0n) is 10.9. The van der Waals surface area contributed by atoms with Gasteiger partial charge in [0.2, 0.25) is 11.7 Å². The lowest BCUT2D eigenvalue weighted by atomic mass is 10.2. The molecule has 0 amide bonds. The minimum absolute atomic E-state index is 0.0436. The molecule has 8 heteroatoms. The molecule has 0 bridgehead atoms. The molecular weight excluding hydrogens is 282 g/mol. The van der Waals surface area contributed by atoms with Crippen LogP contribution in [0.1, 0.15) is 18.4 Å². The Balaban J connectivity index is 2.12. The summed E-state index contributed by atoms with van der Waals surface area (Å²) in [4.78, 5) is 4.11. The molecule has 2 aromatic rings. The summed E-state index contributed by atoms with van der Waals surface area (Å²) in [6.45, 7) is 0. The molecule has 2 rings (SSSR count). The molecular formula is C12H15N3O4S. The number of nitrogens with two attached hydrogens (primary N) is 1. The van der Waals surface area contributed by atoms with Crippen molar-refractivity contribution in [2.24, 2.45) is 5.73 Å². The van der Waals surface area contributed by atoms with Crippen LogP contribution in [-0.4, -0.2) is 35.7 Å². The fourth-order valence-electron chi connectivity index (χ4n) is 1.61. The van der Waals surface area contributed by atoms with Gasteiger partial charge in [-0.2, -0.15) is 4.98 Å². The van der Waals surface area contributed by atoms with Crippen molar-refractivity contribution in [3.63, 3.8) is 0 Å². The van der Waals surface area contributed by atoms with Crippen molar-refractivity contribution < 1.29 is 18.0 Å². The van der Waals surface area contributed by atoms with E-state index in [1.54, 1.807) is 12.1 Å². The lowest BCUT2D eigenvalue weighted by Gasteiger charge is -2.04. The van der Waals surface area contributed by atoms with Gasteiger partial charge < -0.3 is 15.4 Å². The smallest absolute Gasteiger partial charge is 0.243 e. The Morgan fingerprint density at radius 1 is 1.45 bits per heavy atom. The van der Waals surface area contributed by atoms with Crippen LogP contribution >= 0.6 is 0 Å². The summed E-state index contributed by atoms with van der Waals surface area (Å²) >= 11 is 0. The predicted octanol–water partition coefficient (Wildman–Crippen LogP) is 0.877. The number of benzene rings is 1. The summed E-state index contributed by atoms with van der Waals surface area (Å²) in [5.41, 5.74) is 6.41. The van der Waals surface area contributed by atoms with Gasteiger partial charge in [0.05, 0.1) is 11.8 Å². The van der Waals surface area contributed by atoms with E-state index in [9.17, 15) is 13.5 Å². The summed E-state index contributed by atoms with van der Waals surface area (Å²) in [5.74, 6) is 0.519. The van der Waals surface area contributed by atoms with E-state index in [-0.39, 0.29) is 23.8 Å². The molecule has 0 fully saturated rings. The molecule has 1 aromatic heterocycles. The van der Waals surface area contributed by atoms with Crippen LogP contribution in [0.25, 0.3) is 11.4 Å². The van der Waals surface area contributed by atoms with Crippen LogP contribution in [0.15, 0.2) is 28.8 Å². The van der Waals surface area contributed by atoms with Crippen molar-refractivity contribution >= 4 is 9.84 Å². The van der Waals surface area contributed by atoms with E-state index in [1.807, 2.05) is 0 Å². The first kappa shape index (κ1) is 14.5. The Kier molecular flexibility index (Phi) is 4.05. The molecule has 0 aliphatic rings. The number of rotatable bonds is 5. The van der Waals surface area contributed by atoms with Gasteiger partial charge in [-0.3, -0.25) is 0 Å². The molecule has 0 radical (unpaired) electrons. The van der Waals surface area contributed by atoms with Gasteiger partial charge in [-0.05, 0) is 18.6 Å². The number of hydrogen-bond donors (Lipinski definition) is 2. The highest BCUT2D eigenvalue weighted by Crippen LogP contribution is 2.22. The number of aromatic nitrogens is 2. The van der Waals surface area contributed by atoms with Gasteiger partial charge in [-0.1, -0.05) is 17.3 Å². The first-order chi connectivity index (χ1) is 9.35. The zero-order valence-corrected chi connectivity index (χ0v) is 11.7. The van der Waals surface area contributed by atoms with Crippen molar-refractivity contribution in [1.82, 2.24) is 10.1 Å². The maximum Gasteiger partial charge on any atom is 0.243 e. The maximum absolute atomic E-state index is 11.1. The molecule has 0 spiro atoms. The average Bonchev–Trinajstić information content (AvgIpc) is 2.84. The molecule has 1 atom stereocenters. The molecule has 1 aromatic carbocycles. The highest BCUT2D eigenvalue weighted by Gasteiger charge is 2.17. The van der Waals surface area contributed by atoms with Crippen molar-refractivity contribution in [1.29, 1.82) is 0 Å². The van der Waals surface area contributed by atoms with Crippen LogP contribution < -0.4 is 5.73 Å². The molecule has 1 heterocycles. The summed E-state index contributed by atoms with van der Waals surface area (Å²) in [6.07, 6.45) is 1.35. The first-order valence-corrected chi connectivity index (χ1v) is 7.97. The van der Waals surface area contributed by atoms with Gasteiger partial charge in [0, 0.05) is 11.8 Å². The molecule has 1 unspecified atom stereocenters. The van der Waals surface area contributed by atoms with Crippen molar-refractivity contribution in [3.05, 3.63) is 30.2 Å². The lowest BCUT2D eigenvalue weighted by molar-refractivity contribution is 0.352. The number of sulfone groups is 1. The molecule has 0 aliphatic carbocycles. The van der Waals surface area contributed by atoms with E-state index in [4.69, 9.17) is 10.3 Å².